The second-order valence-corrected chi connectivity index (χ2v) is 11.6. The normalized spacial score (nSPS) is 22.9. The number of halogens is 4. The minimum Gasteiger partial charge on any atom is -0.598 e. The summed E-state index contributed by atoms with van der Waals surface area (Å²) < 4.78 is 61.0. The molecule has 1 unspecified atom stereocenters. The van der Waals surface area contributed by atoms with E-state index in [-0.39, 0.29) is 18.4 Å². The van der Waals surface area contributed by atoms with Gasteiger partial charge in [0, 0.05) is 21.4 Å². The third-order valence-corrected chi connectivity index (χ3v) is 7.84. The van der Waals surface area contributed by atoms with Crippen molar-refractivity contribution in [2.45, 2.75) is 89.3 Å². The van der Waals surface area contributed by atoms with E-state index in [1.165, 1.54) is 0 Å². The van der Waals surface area contributed by atoms with E-state index in [9.17, 15) is 17.7 Å². The van der Waals surface area contributed by atoms with Crippen molar-refractivity contribution in [1.29, 1.82) is 0 Å². The van der Waals surface area contributed by atoms with Gasteiger partial charge in [0.05, 0.1) is 6.10 Å². The van der Waals surface area contributed by atoms with E-state index in [0.717, 1.165) is 41.5 Å². The Morgan fingerprint density at radius 1 is 1.21 bits per heavy atom. The van der Waals surface area contributed by atoms with Gasteiger partial charge in [-0.1, -0.05) is 22.0 Å². The SMILES string of the molecule is Cc1c(Br)cccc1OC1CCC(CC[C@@H](N[S+]([O-])C(C)(C)C)C(F)(F)F)CC1. The van der Waals surface area contributed by atoms with Crippen molar-refractivity contribution in [3.8, 4) is 5.75 Å². The lowest BCUT2D eigenvalue weighted by atomic mass is 9.83. The zero-order valence-electron chi connectivity index (χ0n) is 17.4. The minimum absolute atomic E-state index is 0.0494. The van der Waals surface area contributed by atoms with Crippen LogP contribution in [0.4, 0.5) is 13.2 Å². The van der Waals surface area contributed by atoms with Crippen molar-refractivity contribution in [3.05, 3.63) is 28.2 Å². The van der Waals surface area contributed by atoms with Gasteiger partial charge >= 0.3 is 6.18 Å². The first-order chi connectivity index (χ1) is 13.4. The number of nitrogens with one attached hydrogen (secondary N) is 1. The molecule has 2 atom stereocenters. The Kier molecular flexibility index (Phi) is 8.77. The molecule has 1 N–H and O–H groups in total. The predicted molar refractivity (Wildman–Crippen MR) is 115 cm³/mol. The largest absolute Gasteiger partial charge is 0.598 e. The molecule has 0 aliphatic heterocycles. The van der Waals surface area contributed by atoms with Crippen LogP contribution in [0.1, 0.15) is 64.9 Å². The summed E-state index contributed by atoms with van der Waals surface area (Å²) in [7, 11) is 0. The molecule has 166 valence electrons. The molecule has 1 saturated carbocycles. The maximum atomic E-state index is 13.4. The lowest BCUT2D eigenvalue weighted by Crippen LogP contribution is -2.50. The van der Waals surface area contributed by atoms with Crippen molar-refractivity contribution >= 4 is 27.3 Å². The molecule has 8 heteroatoms. The van der Waals surface area contributed by atoms with Crippen molar-refractivity contribution in [3.63, 3.8) is 0 Å². The van der Waals surface area contributed by atoms with Crippen LogP contribution in [0.3, 0.4) is 0 Å². The van der Waals surface area contributed by atoms with Crippen LogP contribution in [0.2, 0.25) is 0 Å². The van der Waals surface area contributed by atoms with Gasteiger partial charge in [-0.3, -0.25) is 0 Å². The summed E-state index contributed by atoms with van der Waals surface area (Å²) in [6.07, 6.45) is -0.491. The van der Waals surface area contributed by atoms with Crippen molar-refractivity contribution in [1.82, 2.24) is 4.72 Å². The molecule has 0 bridgehead atoms. The van der Waals surface area contributed by atoms with E-state index < -0.39 is 28.3 Å². The monoisotopic (exact) mass is 497 g/mol. The summed E-state index contributed by atoms with van der Waals surface area (Å²) in [4.78, 5) is 0. The maximum Gasteiger partial charge on any atom is 0.408 e. The van der Waals surface area contributed by atoms with Crippen LogP contribution < -0.4 is 9.46 Å². The van der Waals surface area contributed by atoms with Crippen LogP contribution in [0, 0.1) is 12.8 Å². The Balaban J connectivity index is 1.83. The average molecular weight is 498 g/mol. The fourth-order valence-corrected chi connectivity index (χ4v) is 4.64. The lowest BCUT2D eigenvalue weighted by Gasteiger charge is -2.32. The van der Waals surface area contributed by atoms with Crippen molar-refractivity contribution in [2.75, 3.05) is 0 Å². The summed E-state index contributed by atoms with van der Waals surface area (Å²) in [5.74, 6) is 1.10. The quantitative estimate of drug-likeness (QED) is 0.439. The molecule has 0 aromatic heterocycles. The molecule has 1 aliphatic carbocycles. The number of benzene rings is 1. The molecule has 29 heavy (non-hydrogen) atoms. The van der Waals surface area contributed by atoms with Gasteiger partial charge in [-0.05, 0) is 84.3 Å². The molecular weight excluding hydrogens is 467 g/mol. The highest BCUT2D eigenvalue weighted by Crippen LogP contribution is 2.35. The summed E-state index contributed by atoms with van der Waals surface area (Å²) in [6, 6.07) is 4.11. The average Bonchev–Trinajstić information content (AvgIpc) is 2.61. The third kappa shape index (κ3) is 7.64. The highest BCUT2D eigenvalue weighted by Gasteiger charge is 2.44. The number of alkyl halides is 3. The van der Waals surface area contributed by atoms with E-state index in [4.69, 9.17) is 4.74 Å². The molecule has 1 fully saturated rings. The van der Waals surface area contributed by atoms with Crippen LogP contribution in [0.15, 0.2) is 22.7 Å². The van der Waals surface area contributed by atoms with Gasteiger partial charge < -0.3 is 9.29 Å². The first kappa shape index (κ1) is 24.8. The van der Waals surface area contributed by atoms with Gasteiger partial charge in [0.2, 0.25) is 0 Å². The maximum absolute atomic E-state index is 13.4. The van der Waals surface area contributed by atoms with Gasteiger partial charge in [0.15, 0.2) is 0 Å². The van der Waals surface area contributed by atoms with E-state index >= 15 is 0 Å². The van der Waals surface area contributed by atoms with Crippen molar-refractivity contribution in [2.24, 2.45) is 5.92 Å². The van der Waals surface area contributed by atoms with Gasteiger partial charge in [-0.25, -0.2) is 0 Å². The smallest absolute Gasteiger partial charge is 0.408 e. The van der Waals surface area contributed by atoms with Gasteiger partial charge in [0.1, 0.15) is 16.5 Å². The van der Waals surface area contributed by atoms with Crippen LogP contribution in [0.25, 0.3) is 0 Å². The standard InChI is InChI=1S/C21H31BrF3NO2S/c1-14-17(22)6-5-7-18(14)28-16-11-8-15(9-12-16)10-13-19(21(23,24)25)26-29(27)20(2,3)4/h5-7,15-16,19,26H,8-13H2,1-4H3/t15?,16?,19-,29?/m1/s1. The number of hydrogen-bond acceptors (Lipinski definition) is 3. The van der Waals surface area contributed by atoms with Crippen LogP contribution in [-0.4, -0.2) is 27.6 Å². The predicted octanol–water partition coefficient (Wildman–Crippen LogP) is 6.46. The highest BCUT2D eigenvalue weighted by atomic mass is 79.9. The molecule has 1 aromatic carbocycles. The summed E-state index contributed by atoms with van der Waals surface area (Å²) in [5, 5.41) is 0. The molecule has 3 nitrogen and oxygen atoms in total. The Morgan fingerprint density at radius 2 is 1.83 bits per heavy atom. The molecule has 2 rings (SSSR count). The first-order valence-corrected chi connectivity index (χ1v) is 12.0. The van der Waals surface area contributed by atoms with E-state index in [0.29, 0.717) is 6.42 Å². The zero-order chi connectivity index (χ0) is 21.8. The topological polar surface area (TPSA) is 44.3 Å². The number of rotatable bonds is 7. The van der Waals surface area contributed by atoms with Gasteiger partial charge in [-0.15, -0.1) is 4.72 Å². The van der Waals surface area contributed by atoms with E-state index in [2.05, 4.69) is 20.7 Å². The number of hydrogen-bond donors (Lipinski definition) is 1. The molecule has 0 radical (unpaired) electrons. The molecule has 0 amide bonds. The minimum atomic E-state index is -4.40. The first-order valence-electron chi connectivity index (χ1n) is 10.0. The molecule has 1 aromatic rings. The molecule has 0 spiro atoms. The fraction of sp³-hybridized carbons (Fsp3) is 0.714. The van der Waals surface area contributed by atoms with Crippen LogP contribution >= 0.6 is 15.9 Å². The summed E-state index contributed by atoms with van der Waals surface area (Å²) >= 11 is 1.75. The zero-order valence-corrected chi connectivity index (χ0v) is 19.8. The number of ether oxygens (including phenoxy) is 1. The van der Waals surface area contributed by atoms with E-state index in [1.54, 1.807) is 20.8 Å². The molecular formula is C21H31BrF3NO2S. The lowest BCUT2D eigenvalue weighted by molar-refractivity contribution is -0.153. The Morgan fingerprint density at radius 3 is 2.38 bits per heavy atom. The second kappa shape index (κ2) is 10.2. The van der Waals surface area contributed by atoms with Crippen LogP contribution in [-0.2, 0) is 11.4 Å². The van der Waals surface area contributed by atoms with Crippen LogP contribution in [0.5, 0.6) is 5.75 Å². The van der Waals surface area contributed by atoms with Crippen molar-refractivity contribution < 1.29 is 22.5 Å². The molecule has 0 heterocycles. The Labute approximate surface area is 183 Å². The second-order valence-electron chi connectivity index (χ2n) is 8.79. The molecule has 1 aliphatic rings. The van der Waals surface area contributed by atoms with E-state index in [1.807, 2.05) is 25.1 Å². The summed E-state index contributed by atoms with van der Waals surface area (Å²) in [5.41, 5.74) is 1.06. The Bertz CT molecular complexity index is 658. The summed E-state index contributed by atoms with van der Waals surface area (Å²) in [6.45, 7) is 6.99. The van der Waals surface area contributed by atoms with Gasteiger partial charge in [0.25, 0.3) is 0 Å². The third-order valence-electron chi connectivity index (χ3n) is 5.37. The van der Waals surface area contributed by atoms with Gasteiger partial charge in [-0.2, -0.15) is 13.2 Å². The Hall–Kier alpha value is -0.440. The highest BCUT2D eigenvalue weighted by molar-refractivity contribution is 9.10. The fourth-order valence-electron chi connectivity index (χ4n) is 3.43. The molecule has 0 saturated heterocycles.